The number of benzene rings is 2. The van der Waals surface area contributed by atoms with Gasteiger partial charge in [-0.25, -0.2) is 0 Å². The van der Waals surface area contributed by atoms with E-state index in [1.54, 1.807) is 0 Å². The van der Waals surface area contributed by atoms with Gasteiger partial charge in [-0.1, -0.05) is 42.5 Å². The highest BCUT2D eigenvalue weighted by Gasteiger charge is 2.24. The number of fused-ring (bicyclic) bond motifs is 1. The lowest BCUT2D eigenvalue weighted by Crippen LogP contribution is -2.35. The molecule has 2 aromatic rings. The summed E-state index contributed by atoms with van der Waals surface area (Å²) in [5, 5.41) is 0. The molecule has 0 spiro atoms. The molecule has 2 aromatic carbocycles. The van der Waals surface area contributed by atoms with Gasteiger partial charge in [0.05, 0.1) is 6.04 Å². The van der Waals surface area contributed by atoms with E-state index in [2.05, 4.69) is 60.4 Å². The molecule has 2 nitrogen and oxygen atoms in total. The Balaban J connectivity index is 2.03. The van der Waals surface area contributed by atoms with Crippen LogP contribution >= 0.6 is 0 Å². The number of hydrogen-bond donors (Lipinski definition) is 1. The summed E-state index contributed by atoms with van der Waals surface area (Å²) in [7, 11) is 0. The molecule has 1 aliphatic heterocycles. The molecule has 0 saturated heterocycles. The van der Waals surface area contributed by atoms with Crippen LogP contribution in [0.5, 0.6) is 0 Å². The van der Waals surface area contributed by atoms with Gasteiger partial charge in [-0.2, -0.15) is 0 Å². The van der Waals surface area contributed by atoms with Crippen LogP contribution in [0.15, 0.2) is 48.5 Å². The Morgan fingerprint density at radius 2 is 1.81 bits per heavy atom. The molecule has 21 heavy (non-hydrogen) atoms. The third kappa shape index (κ3) is 2.81. The Morgan fingerprint density at radius 3 is 2.62 bits per heavy atom. The summed E-state index contributed by atoms with van der Waals surface area (Å²) in [6.07, 6.45) is 3.67. The van der Waals surface area contributed by atoms with E-state index in [9.17, 15) is 0 Å². The van der Waals surface area contributed by atoms with Crippen LogP contribution in [0.3, 0.4) is 0 Å². The number of hydrogen-bond acceptors (Lipinski definition) is 2. The topological polar surface area (TPSA) is 29.3 Å². The second-order valence-electron chi connectivity index (χ2n) is 5.89. The Morgan fingerprint density at radius 1 is 1.05 bits per heavy atom. The van der Waals surface area contributed by atoms with Crippen LogP contribution in [0.1, 0.15) is 35.6 Å². The van der Waals surface area contributed by atoms with Crippen molar-refractivity contribution in [3.05, 3.63) is 65.2 Å². The zero-order valence-corrected chi connectivity index (χ0v) is 12.8. The fourth-order valence-corrected chi connectivity index (χ4v) is 3.43. The van der Waals surface area contributed by atoms with Gasteiger partial charge in [-0.15, -0.1) is 0 Å². The van der Waals surface area contributed by atoms with Crippen molar-refractivity contribution in [1.82, 2.24) is 0 Å². The molecule has 0 saturated carbocycles. The highest BCUT2D eigenvalue weighted by atomic mass is 15.2. The molecule has 1 heterocycles. The standard InChI is InChI=1S/C19H24N2/c1-15-8-2-4-11-17(15)19(14-20)21-13-7-6-10-16-9-3-5-12-18(16)21/h2-5,8-9,11-12,19H,6-7,10,13-14,20H2,1H3. The van der Waals surface area contributed by atoms with Crippen molar-refractivity contribution >= 4 is 5.69 Å². The lowest BCUT2D eigenvalue weighted by atomic mass is 9.98. The highest BCUT2D eigenvalue weighted by Crippen LogP contribution is 2.33. The van der Waals surface area contributed by atoms with Crippen molar-refractivity contribution in [3.63, 3.8) is 0 Å². The van der Waals surface area contributed by atoms with Crippen LogP contribution in [-0.2, 0) is 6.42 Å². The molecular formula is C19H24N2. The van der Waals surface area contributed by atoms with Crippen molar-refractivity contribution in [1.29, 1.82) is 0 Å². The normalized spacial score (nSPS) is 16.2. The fraction of sp³-hybridized carbons (Fsp3) is 0.368. The molecule has 1 aliphatic rings. The van der Waals surface area contributed by atoms with Gasteiger partial charge in [-0.3, -0.25) is 0 Å². The summed E-state index contributed by atoms with van der Waals surface area (Å²) < 4.78 is 0. The van der Waals surface area contributed by atoms with E-state index >= 15 is 0 Å². The van der Waals surface area contributed by atoms with Crippen LogP contribution in [0, 0.1) is 6.92 Å². The van der Waals surface area contributed by atoms with Crippen molar-refractivity contribution < 1.29 is 0 Å². The SMILES string of the molecule is Cc1ccccc1C(CN)N1CCCCc2ccccc21. The average Bonchev–Trinajstić information content (AvgIpc) is 2.73. The minimum absolute atomic E-state index is 0.269. The quantitative estimate of drug-likeness (QED) is 0.925. The lowest BCUT2D eigenvalue weighted by Gasteiger charge is -2.34. The van der Waals surface area contributed by atoms with E-state index in [0.29, 0.717) is 6.54 Å². The van der Waals surface area contributed by atoms with Gasteiger partial charge in [-0.05, 0) is 48.9 Å². The van der Waals surface area contributed by atoms with Crippen LogP contribution in [0.4, 0.5) is 5.69 Å². The van der Waals surface area contributed by atoms with E-state index in [1.165, 1.54) is 41.6 Å². The molecular weight excluding hydrogens is 256 g/mol. The Kier molecular flexibility index (Phi) is 4.26. The first-order valence-corrected chi connectivity index (χ1v) is 7.91. The highest BCUT2D eigenvalue weighted by molar-refractivity contribution is 5.56. The molecule has 0 bridgehead atoms. The third-order valence-corrected chi connectivity index (χ3v) is 4.54. The van der Waals surface area contributed by atoms with Crippen molar-refractivity contribution in [2.75, 3.05) is 18.0 Å². The maximum Gasteiger partial charge on any atom is 0.0667 e. The van der Waals surface area contributed by atoms with Crippen molar-refractivity contribution in [2.24, 2.45) is 5.73 Å². The molecule has 0 radical (unpaired) electrons. The molecule has 0 aliphatic carbocycles. The van der Waals surface area contributed by atoms with Gasteiger partial charge in [0, 0.05) is 18.8 Å². The van der Waals surface area contributed by atoms with Crippen LogP contribution < -0.4 is 10.6 Å². The van der Waals surface area contributed by atoms with E-state index < -0.39 is 0 Å². The third-order valence-electron chi connectivity index (χ3n) is 4.54. The van der Waals surface area contributed by atoms with Gasteiger partial charge in [0.2, 0.25) is 0 Å². The molecule has 2 heteroatoms. The van der Waals surface area contributed by atoms with Gasteiger partial charge in [0.25, 0.3) is 0 Å². The Bertz CT molecular complexity index is 606. The minimum Gasteiger partial charge on any atom is -0.363 e. The summed E-state index contributed by atoms with van der Waals surface area (Å²) in [6, 6.07) is 17.7. The van der Waals surface area contributed by atoms with Crippen molar-refractivity contribution in [2.45, 2.75) is 32.2 Å². The molecule has 0 fully saturated rings. The summed E-state index contributed by atoms with van der Waals surface area (Å²) >= 11 is 0. The van der Waals surface area contributed by atoms with Gasteiger partial charge in [0.15, 0.2) is 0 Å². The number of aryl methyl sites for hydroxylation is 2. The van der Waals surface area contributed by atoms with E-state index in [-0.39, 0.29) is 6.04 Å². The first-order valence-electron chi connectivity index (χ1n) is 7.91. The predicted octanol–water partition coefficient (Wildman–Crippen LogP) is 3.84. The van der Waals surface area contributed by atoms with E-state index in [1.807, 2.05) is 0 Å². The molecule has 110 valence electrons. The largest absolute Gasteiger partial charge is 0.363 e. The average molecular weight is 280 g/mol. The maximum atomic E-state index is 6.17. The maximum absolute atomic E-state index is 6.17. The molecule has 2 N–H and O–H groups in total. The van der Waals surface area contributed by atoms with Crippen LogP contribution in [-0.4, -0.2) is 13.1 Å². The summed E-state index contributed by atoms with van der Waals surface area (Å²) in [4.78, 5) is 2.52. The second kappa shape index (κ2) is 6.31. The lowest BCUT2D eigenvalue weighted by molar-refractivity contribution is 0.608. The molecule has 0 amide bonds. The monoisotopic (exact) mass is 280 g/mol. The van der Waals surface area contributed by atoms with E-state index in [4.69, 9.17) is 5.73 Å². The fourth-order valence-electron chi connectivity index (χ4n) is 3.43. The smallest absolute Gasteiger partial charge is 0.0667 e. The minimum atomic E-state index is 0.269. The first kappa shape index (κ1) is 14.2. The molecule has 3 rings (SSSR count). The number of rotatable bonds is 3. The second-order valence-corrected chi connectivity index (χ2v) is 5.89. The van der Waals surface area contributed by atoms with Gasteiger partial charge >= 0.3 is 0 Å². The predicted molar refractivity (Wildman–Crippen MR) is 89.7 cm³/mol. The summed E-state index contributed by atoms with van der Waals surface area (Å²) in [5.74, 6) is 0. The Hall–Kier alpha value is -1.80. The zero-order chi connectivity index (χ0) is 14.7. The van der Waals surface area contributed by atoms with Crippen molar-refractivity contribution in [3.8, 4) is 0 Å². The van der Waals surface area contributed by atoms with Crippen LogP contribution in [0.25, 0.3) is 0 Å². The summed E-state index contributed by atoms with van der Waals surface area (Å²) in [6.45, 7) is 3.92. The Labute approximate surface area is 127 Å². The van der Waals surface area contributed by atoms with Gasteiger partial charge in [0.1, 0.15) is 0 Å². The van der Waals surface area contributed by atoms with Gasteiger partial charge < -0.3 is 10.6 Å². The molecule has 1 atom stereocenters. The van der Waals surface area contributed by atoms with Crippen LogP contribution in [0.2, 0.25) is 0 Å². The zero-order valence-electron chi connectivity index (χ0n) is 12.8. The molecule has 1 unspecified atom stereocenters. The van der Waals surface area contributed by atoms with E-state index in [0.717, 1.165) is 6.54 Å². The first-order chi connectivity index (χ1) is 10.3. The summed E-state index contributed by atoms with van der Waals surface area (Å²) in [5.41, 5.74) is 11.7. The number of anilines is 1. The number of para-hydroxylation sites is 1. The number of nitrogens with two attached hydrogens (primary N) is 1. The molecule has 0 aromatic heterocycles. The number of nitrogens with zero attached hydrogens (tertiary/aromatic N) is 1.